The van der Waals surface area contributed by atoms with Crippen LogP contribution in [0.2, 0.25) is 0 Å². The molecule has 2 atom stereocenters. The molecular weight excluding hydrogens is 240 g/mol. The van der Waals surface area contributed by atoms with Gasteiger partial charge in [-0.05, 0) is 43.5 Å². The molecule has 1 aromatic rings. The van der Waals surface area contributed by atoms with Gasteiger partial charge in [-0.15, -0.1) is 0 Å². The molecule has 2 unspecified atom stereocenters. The monoisotopic (exact) mass is 258 g/mol. The molecule has 2 rings (SSSR count). The predicted octanol–water partition coefficient (Wildman–Crippen LogP) is 2.19. The second kappa shape index (κ2) is 5.75. The van der Waals surface area contributed by atoms with Gasteiger partial charge in [0.2, 0.25) is 0 Å². The van der Waals surface area contributed by atoms with Gasteiger partial charge in [0.1, 0.15) is 5.75 Å². The molecule has 1 saturated heterocycles. The van der Waals surface area contributed by atoms with Crippen molar-refractivity contribution in [2.24, 2.45) is 5.92 Å². The minimum Gasteiger partial charge on any atom is -0.484 e. The van der Waals surface area contributed by atoms with Gasteiger partial charge in [-0.3, -0.25) is 4.79 Å². The molecule has 0 N–H and O–H groups in total. The van der Waals surface area contributed by atoms with E-state index < -0.39 is 0 Å². The number of carbonyl (C=O) groups is 1. The summed E-state index contributed by atoms with van der Waals surface area (Å²) >= 11 is 0. The summed E-state index contributed by atoms with van der Waals surface area (Å²) in [4.78, 5) is 13.9. The number of amides is 1. The van der Waals surface area contributed by atoms with Gasteiger partial charge in [0.25, 0.3) is 5.91 Å². The second-order valence-electron chi connectivity index (χ2n) is 5.16. The number of ether oxygens (including phenoxy) is 1. The van der Waals surface area contributed by atoms with Crippen molar-refractivity contribution in [1.82, 2.24) is 4.90 Å². The lowest BCUT2D eigenvalue weighted by Crippen LogP contribution is -2.37. The molecule has 4 nitrogen and oxygen atoms in total. The van der Waals surface area contributed by atoms with Crippen LogP contribution in [0.4, 0.5) is 0 Å². The Balaban J connectivity index is 1.88. The SMILES string of the molecule is CC1CC(C)N(C(=O)COc2ccc(C#N)cc2)C1. The molecule has 1 amide bonds. The fraction of sp³-hybridized carbons (Fsp3) is 0.467. The number of likely N-dealkylation sites (tertiary alicyclic amines) is 1. The zero-order chi connectivity index (χ0) is 13.8. The van der Waals surface area contributed by atoms with Crippen molar-refractivity contribution in [3.8, 4) is 11.8 Å². The Hall–Kier alpha value is -2.02. The van der Waals surface area contributed by atoms with Gasteiger partial charge in [-0.2, -0.15) is 5.26 Å². The van der Waals surface area contributed by atoms with Crippen LogP contribution in [-0.4, -0.2) is 30.0 Å². The summed E-state index contributed by atoms with van der Waals surface area (Å²) in [6.07, 6.45) is 1.06. The lowest BCUT2D eigenvalue weighted by atomic mass is 10.1. The quantitative estimate of drug-likeness (QED) is 0.835. The van der Waals surface area contributed by atoms with Gasteiger partial charge in [-0.1, -0.05) is 6.92 Å². The minimum absolute atomic E-state index is 0.0289. The molecule has 0 aliphatic carbocycles. The summed E-state index contributed by atoms with van der Waals surface area (Å²) < 4.78 is 5.46. The van der Waals surface area contributed by atoms with E-state index in [4.69, 9.17) is 10.00 Å². The maximum atomic E-state index is 12.0. The van der Waals surface area contributed by atoms with Crippen molar-refractivity contribution in [1.29, 1.82) is 5.26 Å². The number of nitrogens with zero attached hydrogens (tertiary/aromatic N) is 2. The van der Waals surface area contributed by atoms with Crippen LogP contribution in [0.15, 0.2) is 24.3 Å². The third kappa shape index (κ3) is 3.25. The molecule has 1 aliphatic rings. The largest absolute Gasteiger partial charge is 0.484 e. The van der Waals surface area contributed by atoms with Crippen molar-refractivity contribution in [2.45, 2.75) is 26.3 Å². The third-order valence-corrected chi connectivity index (χ3v) is 3.45. The summed E-state index contributed by atoms with van der Waals surface area (Å²) in [6, 6.07) is 9.12. The van der Waals surface area contributed by atoms with E-state index in [2.05, 4.69) is 13.8 Å². The predicted molar refractivity (Wildman–Crippen MR) is 71.6 cm³/mol. The molecule has 0 bridgehead atoms. The lowest BCUT2D eigenvalue weighted by Gasteiger charge is -2.21. The van der Waals surface area contributed by atoms with Crippen molar-refractivity contribution in [3.63, 3.8) is 0 Å². The van der Waals surface area contributed by atoms with Crippen LogP contribution in [0, 0.1) is 17.2 Å². The van der Waals surface area contributed by atoms with E-state index in [1.54, 1.807) is 24.3 Å². The molecule has 1 aromatic carbocycles. The van der Waals surface area contributed by atoms with Crippen LogP contribution in [0.5, 0.6) is 5.75 Å². The van der Waals surface area contributed by atoms with Crippen molar-refractivity contribution in [3.05, 3.63) is 29.8 Å². The normalized spacial score (nSPS) is 22.1. The standard InChI is InChI=1S/C15H18N2O2/c1-11-7-12(2)17(9-11)15(18)10-19-14-5-3-13(8-16)4-6-14/h3-6,11-12H,7,9-10H2,1-2H3. The molecule has 0 aromatic heterocycles. The molecule has 1 heterocycles. The number of hydrogen-bond donors (Lipinski definition) is 0. The number of benzene rings is 1. The van der Waals surface area contributed by atoms with Gasteiger partial charge in [0.15, 0.2) is 6.61 Å². The number of rotatable bonds is 3. The van der Waals surface area contributed by atoms with E-state index in [-0.39, 0.29) is 12.5 Å². The smallest absolute Gasteiger partial charge is 0.260 e. The highest BCUT2D eigenvalue weighted by atomic mass is 16.5. The number of nitriles is 1. The van der Waals surface area contributed by atoms with Gasteiger partial charge < -0.3 is 9.64 Å². The van der Waals surface area contributed by atoms with Gasteiger partial charge in [-0.25, -0.2) is 0 Å². The maximum Gasteiger partial charge on any atom is 0.260 e. The zero-order valence-corrected chi connectivity index (χ0v) is 11.3. The van der Waals surface area contributed by atoms with E-state index in [0.29, 0.717) is 23.3 Å². The molecule has 4 heteroatoms. The zero-order valence-electron chi connectivity index (χ0n) is 11.3. The highest BCUT2D eigenvalue weighted by molar-refractivity contribution is 5.78. The van der Waals surface area contributed by atoms with Crippen molar-refractivity contribution < 1.29 is 9.53 Å². The molecule has 100 valence electrons. The first-order valence-corrected chi connectivity index (χ1v) is 6.52. The molecule has 1 aliphatic heterocycles. The third-order valence-electron chi connectivity index (χ3n) is 3.45. The Morgan fingerprint density at radius 1 is 1.42 bits per heavy atom. The molecule has 19 heavy (non-hydrogen) atoms. The number of hydrogen-bond acceptors (Lipinski definition) is 3. The summed E-state index contributed by atoms with van der Waals surface area (Å²) in [7, 11) is 0. The fourth-order valence-corrected chi connectivity index (χ4v) is 2.50. The molecule has 1 fully saturated rings. The minimum atomic E-state index is 0.0289. The Morgan fingerprint density at radius 2 is 2.11 bits per heavy atom. The van der Waals surface area contributed by atoms with Crippen LogP contribution in [0.3, 0.4) is 0 Å². The van der Waals surface area contributed by atoms with Crippen LogP contribution >= 0.6 is 0 Å². The summed E-state index contributed by atoms with van der Waals surface area (Å²) in [6.45, 7) is 5.11. The Labute approximate surface area is 113 Å². The van der Waals surface area contributed by atoms with Crippen LogP contribution in [0.25, 0.3) is 0 Å². The molecular formula is C15H18N2O2. The second-order valence-corrected chi connectivity index (χ2v) is 5.16. The van der Waals surface area contributed by atoms with Gasteiger partial charge >= 0.3 is 0 Å². The van der Waals surface area contributed by atoms with E-state index in [1.807, 2.05) is 11.0 Å². The van der Waals surface area contributed by atoms with E-state index in [9.17, 15) is 4.79 Å². The first kappa shape index (κ1) is 13.4. The lowest BCUT2D eigenvalue weighted by molar-refractivity contribution is -0.134. The first-order chi connectivity index (χ1) is 9.10. The van der Waals surface area contributed by atoms with E-state index in [0.717, 1.165) is 13.0 Å². The van der Waals surface area contributed by atoms with Crippen LogP contribution in [-0.2, 0) is 4.79 Å². The van der Waals surface area contributed by atoms with E-state index in [1.165, 1.54) is 0 Å². The molecule has 0 radical (unpaired) electrons. The molecule has 0 spiro atoms. The summed E-state index contributed by atoms with van der Waals surface area (Å²) in [5, 5.41) is 8.69. The first-order valence-electron chi connectivity index (χ1n) is 6.52. The number of carbonyl (C=O) groups excluding carboxylic acids is 1. The highest BCUT2D eigenvalue weighted by Crippen LogP contribution is 2.22. The van der Waals surface area contributed by atoms with E-state index >= 15 is 0 Å². The van der Waals surface area contributed by atoms with Gasteiger partial charge in [0, 0.05) is 12.6 Å². The average molecular weight is 258 g/mol. The van der Waals surface area contributed by atoms with Crippen LogP contribution < -0.4 is 4.74 Å². The highest BCUT2D eigenvalue weighted by Gasteiger charge is 2.29. The summed E-state index contributed by atoms with van der Waals surface area (Å²) in [5.74, 6) is 1.21. The maximum absolute atomic E-state index is 12.0. The van der Waals surface area contributed by atoms with Crippen molar-refractivity contribution in [2.75, 3.05) is 13.2 Å². The fourth-order valence-electron chi connectivity index (χ4n) is 2.50. The molecule has 0 saturated carbocycles. The van der Waals surface area contributed by atoms with Gasteiger partial charge in [0.05, 0.1) is 11.6 Å². The Bertz CT molecular complexity index is 490. The van der Waals surface area contributed by atoms with Crippen molar-refractivity contribution >= 4 is 5.91 Å². The topological polar surface area (TPSA) is 53.3 Å². The Morgan fingerprint density at radius 3 is 2.63 bits per heavy atom. The Kier molecular flexibility index (Phi) is 4.06. The average Bonchev–Trinajstić information content (AvgIpc) is 2.75. The summed E-state index contributed by atoms with van der Waals surface area (Å²) in [5.41, 5.74) is 0.584. The van der Waals surface area contributed by atoms with Crippen LogP contribution in [0.1, 0.15) is 25.8 Å².